The fourth-order valence-corrected chi connectivity index (χ4v) is 4.14. The van der Waals surface area contributed by atoms with Crippen molar-refractivity contribution in [3.05, 3.63) is 17.0 Å². The molecule has 0 radical (unpaired) electrons. The summed E-state index contributed by atoms with van der Waals surface area (Å²) in [6, 6.07) is 0. The van der Waals surface area contributed by atoms with E-state index in [1.165, 1.54) is 5.71 Å². The smallest absolute Gasteiger partial charge is 0.282 e. The van der Waals surface area contributed by atoms with Crippen LogP contribution < -0.4 is 5.73 Å². The maximum Gasteiger partial charge on any atom is 0.282 e. The third-order valence-corrected chi connectivity index (χ3v) is 5.35. The van der Waals surface area contributed by atoms with Crippen molar-refractivity contribution in [3.8, 4) is 0 Å². The lowest BCUT2D eigenvalue weighted by Gasteiger charge is -2.46. The second kappa shape index (κ2) is 4.79. The highest BCUT2D eigenvalue weighted by Crippen LogP contribution is 2.26. The van der Waals surface area contributed by atoms with Gasteiger partial charge in [0.15, 0.2) is 31.1 Å². The molecule has 3 aliphatic rings. The molecule has 0 saturated carbocycles. The lowest BCUT2D eigenvalue weighted by Crippen LogP contribution is -2.71. The first kappa shape index (κ1) is 13.7. The minimum atomic E-state index is -0.257. The lowest BCUT2D eigenvalue weighted by atomic mass is 10.0. The van der Waals surface area contributed by atoms with Gasteiger partial charge in [0.05, 0.1) is 15.9 Å². The van der Waals surface area contributed by atoms with Crippen LogP contribution in [0.25, 0.3) is 10.3 Å². The van der Waals surface area contributed by atoms with E-state index in [0.717, 1.165) is 58.4 Å². The molecule has 3 aliphatic heterocycles. The van der Waals surface area contributed by atoms with Crippen LogP contribution in [0.4, 0.5) is 0 Å². The normalized spacial score (nSPS) is 19.3. The molecule has 2 bridgehead atoms. The predicted molar refractivity (Wildman–Crippen MR) is 82.7 cm³/mol. The predicted octanol–water partition coefficient (Wildman–Crippen LogP) is -0.322. The summed E-state index contributed by atoms with van der Waals surface area (Å²) in [7, 11) is 0. The van der Waals surface area contributed by atoms with Gasteiger partial charge in [-0.3, -0.25) is 9.28 Å². The zero-order chi connectivity index (χ0) is 15.3. The molecular formula is C14H18N6OS+2. The molecule has 5 heterocycles. The van der Waals surface area contributed by atoms with E-state index in [9.17, 15) is 4.79 Å². The maximum atomic E-state index is 11.1. The van der Waals surface area contributed by atoms with E-state index >= 15 is 0 Å². The van der Waals surface area contributed by atoms with Crippen LogP contribution in [-0.2, 0) is 11.3 Å². The van der Waals surface area contributed by atoms with Gasteiger partial charge in [0.2, 0.25) is 6.54 Å². The van der Waals surface area contributed by atoms with Gasteiger partial charge >= 0.3 is 0 Å². The number of quaternary nitrogens is 1. The van der Waals surface area contributed by atoms with Crippen LogP contribution in [-0.4, -0.2) is 68.4 Å². The van der Waals surface area contributed by atoms with Gasteiger partial charge in [-0.05, 0) is 6.92 Å². The summed E-state index contributed by atoms with van der Waals surface area (Å²) in [5.41, 5.74) is 7.43. The molecule has 1 saturated heterocycles. The van der Waals surface area contributed by atoms with Crippen molar-refractivity contribution < 1.29 is 13.9 Å². The van der Waals surface area contributed by atoms with E-state index in [4.69, 9.17) is 5.73 Å². The minimum Gasteiger partial charge on any atom is -0.364 e. The van der Waals surface area contributed by atoms with Gasteiger partial charge in [-0.1, -0.05) is 0 Å². The fraction of sp³-hybridized carbons (Fsp3) is 0.500. The van der Waals surface area contributed by atoms with Crippen molar-refractivity contribution in [1.29, 1.82) is 0 Å². The molecule has 2 aromatic rings. The summed E-state index contributed by atoms with van der Waals surface area (Å²) >= 11 is 1.63. The van der Waals surface area contributed by atoms with Crippen molar-refractivity contribution in [3.63, 3.8) is 0 Å². The number of primary amides is 1. The van der Waals surface area contributed by atoms with Crippen molar-refractivity contribution in [2.45, 2.75) is 13.5 Å². The van der Waals surface area contributed by atoms with Crippen LogP contribution in [0.3, 0.4) is 0 Å². The molecule has 22 heavy (non-hydrogen) atoms. The van der Waals surface area contributed by atoms with Crippen LogP contribution in [0.15, 0.2) is 6.20 Å². The Morgan fingerprint density at radius 3 is 2.95 bits per heavy atom. The average Bonchev–Trinajstić information content (AvgIpc) is 2.78. The summed E-state index contributed by atoms with van der Waals surface area (Å²) in [5.74, 6) is 0.604. The first-order valence-electron chi connectivity index (χ1n) is 7.35. The zero-order valence-electron chi connectivity index (χ0n) is 12.4. The van der Waals surface area contributed by atoms with Crippen molar-refractivity contribution in [2.75, 3.05) is 32.7 Å². The van der Waals surface area contributed by atoms with Gasteiger partial charge in [0.25, 0.3) is 11.6 Å². The maximum absolute atomic E-state index is 11.1. The number of amides is 1. The standard InChI is InChI=1S/C14H17N6OS/c1-9-17-14-11(22-9)4-16-13(18-14)8-20-3-2-19(5-12(15)21)10(6-20)7-20/h4H,2-3,5-8H2,1H3,(H-,15,21)/q+1/p+1. The SMILES string of the molecule is Cc1nc2nc(C[N+]34CC[N+](CC(N)=O)=C(C3)C4)ncc2s1. The molecular weight excluding hydrogens is 300 g/mol. The third-order valence-electron chi connectivity index (χ3n) is 4.46. The zero-order valence-corrected chi connectivity index (χ0v) is 13.3. The Kier molecular flexibility index (Phi) is 2.98. The average molecular weight is 318 g/mol. The first-order valence-corrected chi connectivity index (χ1v) is 8.17. The number of aryl methyl sites for hydroxylation is 1. The largest absolute Gasteiger partial charge is 0.364 e. The number of carbonyl (C=O) groups excluding carboxylic acids is 1. The van der Waals surface area contributed by atoms with Crippen LogP contribution in [0, 0.1) is 6.92 Å². The van der Waals surface area contributed by atoms with Crippen molar-refractivity contribution in [2.24, 2.45) is 5.73 Å². The third kappa shape index (κ3) is 2.28. The molecule has 1 amide bonds. The van der Waals surface area contributed by atoms with Gasteiger partial charge in [-0.25, -0.2) is 19.5 Å². The second-order valence-electron chi connectivity index (χ2n) is 6.20. The Morgan fingerprint density at radius 2 is 2.27 bits per heavy atom. The van der Waals surface area contributed by atoms with Gasteiger partial charge in [-0.15, -0.1) is 11.3 Å². The minimum absolute atomic E-state index is 0.257. The Morgan fingerprint density at radius 1 is 1.45 bits per heavy atom. The van der Waals surface area contributed by atoms with Gasteiger partial charge in [-0.2, -0.15) is 0 Å². The molecule has 2 N–H and O–H groups in total. The number of nitrogens with zero attached hydrogens (tertiary/aromatic N) is 5. The number of carbonyl (C=O) groups is 1. The molecule has 8 heteroatoms. The second-order valence-corrected chi connectivity index (χ2v) is 7.44. The molecule has 0 aromatic carbocycles. The van der Waals surface area contributed by atoms with Gasteiger partial charge < -0.3 is 5.73 Å². The van der Waals surface area contributed by atoms with E-state index in [-0.39, 0.29) is 5.91 Å². The van der Waals surface area contributed by atoms with E-state index < -0.39 is 0 Å². The Bertz CT molecular complexity index is 803. The number of rotatable bonds is 4. The van der Waals surface area contributed by atoms with Gasteiger partial charge in [0, 0.05) is 0 Å². The fourth-order valence-electron chi connectivity index (χ4n) is 3.40. The number of thiazole rings is 1. The Hall–Kier alpha value is -1.93. The van der Waals surface area contributed by atoms with Crippen LogP contribution >= 0.6 is 11.3 Å². The summed E-state index contributed by atoms with van der Waals surface area (Å²) in [5, 5.41) is 1.02. The Labute approximate surface area is 131 Å². The molecule has 0 unspecified atom stereocenters. The number of hydrogen-bond donors (Lipinski definition) is 1. The molecule has 1 fully saturated rings. The van der Waals surface area contributed by atoms with Crippen molar-refractivity contribution >= 4 is 33.3 Å². The highest BCUT2D eigenvalue weighted by atomic mass is 32.1. The summed E-state index contributed by atoms with van der Waals surface area (Å²) in [6.45, 7) is 7.01. The number of nitrogens with two attached hydrogens (primary N) is 1. The van der Waals surface area contributed by atoms with Crippen LogP contribution in [0.1, 0.15) is 10.8 Å². The first-order chi connectivity index (χ1) is 10.5. The van der Waals surface area contributed by atoms with Crippen LogP contribution in [0.2, 0.25) is 0 Å². The van der Waals surface area contributed by atoms with E-state index in [1.807, 2.05) is 13.1 Å². The molecule has 0 spiro atoms. The highest BCUT2D eigenvalue weighted by Gasteiger charge is 2.51. The quantitative estimate of drug-likeness (QED) is 0.618. The number of hydrogen-bond acceptors (Lipinski definition) is 5. The monoisotopic (exact) mass is 318 g/mol. The Balaban J connectivity index is 1.52. The van der Waals surface area contributed by atoms with Crippen LogP contribution in [0.5, 0.6) is 0 Å². The molecule has 0 atom stereocenters. The van der Waals surface area contributed by atoms with E-state index in [0.29, 0.717) is 6.54 Å². The number of aromatic nitrogens is 3. The van der Waals surface area contributed by atoms with Crippen molar-refractivity contribution in [1.82, 2.24) is 15.0 Å². The molecule has 114 valence electrons. The summed E-state index contributed by atoms with van der Waals surface area (Å²) < 4.78 is 4.15. The molecule has 0 aliphatic carbocycles. The number of fused-ring (bicyclic) bond motifs is 3. The molecule has 7 nitrogen and oxygen atoms in total. The highest BCUT2D eigenvalue weighted by molar-refractivity contribution is 7.18. The summed E-state index contributed by atoms with van der Waals surface area (Å²) in [6.07, 6.45) is 1.88. The molecule has 5 rings (SSSR count). The lowest BCUT2D eigenvalue weighted by molar-refractivity contribution is -0.969. The summed E-state index contributed by atoms with van der Waals surface area (Å²) in [4.78, 5) is 24.6. The van der Waals surface area contributed by atoms with Gasteiger partial charge in [0.1, 0.15) is 13.1 Å². The van der Waals surface area contributed by atoms with E-state index in [2.05, 4.69) is 19.5 Å². The van der Waals surface area contributed by atoms with E-state index in [1.54, 1.807) is 11.3 Å². The molecule has 2 aromatic heterocycles. The topological polar surface area (TPSA) is 84.8 Å².